The van der Waals surface area contributed by atoms with E-state index in [0.717, 1.165) is 38.9 Å². The maximum atomic E-state index is 12.0. The number of hydrogen-bond donors (Lipinski definition) is 2. The van der Waals surface area contributed by atoms with Crippen LogP contribution in [-0.4, -0.2) is 57.3 Å². The third-order valence-electron chi connectivity index (χ3n) is 4.22. The van der Waals surface area contributed by atoms with Gasteiger partial charge in [0.05, 0.1) is 5.75 Å². The number of nitrogens with one attached hydrogen (secondary N) is 2. The van der Waals surface area contributed by atoms with E-state index in [1.165, 1.54) is 0 Å². The van der Waals surface area contributed by atoms with Gasteiger partial charge in [0, 0.05) is 25.2 Å². The monoisotopic (exact) mass is 289 g/mol. The molecule has 2 fully saturated rings. The first-order valence-corrected chi connectivity index (χ1v) is 9.06. The highest BCUT2D eigenvalue weighted by Crippen LogP contribution is 2.18. The molecule has 0 bridgehead atoms. The zero-order chi connectivity index (χ0) is 13.9. The van der Waals surface area contributed by atoms with Gasteiger partial charge in [0.25, 0.3) is 0 Å². The molecule has 0 aromatic rings. The van der Waals surface area contributed by atoms with Crippen molar-refractivity contribution in [2.45, 2.75) is 45.2 Å². The summed E-state index contributed by atoms with van der Waals surface area (Å²) in [6.45, 7) is 8.04. The molecule has 112 valence electrons. The van der Waals surface area contributed by atoms with Gasteiger partial charge in [-0.3, -0.25) is 0 Å². The van der Waals surface area contributed by atoms with E-state index in [1.54, 1.807) is 0 Å². The minimum absolute atomic E-state index is 0.147. The summed E-state index contributed by atoms with van der Waals surface area (Å²) in [5, 5.41) is 3.24. The summed E-state index contributed by atoms with van der Waals surface area (Å²) in [4.78, 5) is 2.41. The molecule has 6 heteroatoms. The van der Waals surface area contributed by atoms with E-state index in [1.807, 2.05) is 0 Å². The first-order chi connectivity index (χ1) is 8.96. The van der Waals surface area contributed by atoms with Crippen LogP contribution in [0.5, 0.6) is 0 Å². The molecule has 5 nitrogen and oxygen atoms in total. The van der Waals surface area contributed by atoms with Gasteiger partial charge in [0.2, 0.25) is 10.0 Å². The molecule has 0 spiro atoms. The van der Waals surface area contributed by atoms with E-state index in [-0.39, 0.29) is 11.8 Å². The Labute approximate surface area is 117 Å². The Kier molecular flexibility index (Phi) is 5.22. The third-order valence-corrected chi connectivity index (χ3v) is 5.67. The standard InChI is InChI=1S/C13H27N3O2S/c1-11(2)16-7-5-12(9-16)8-15-19(17,18)10-13-4-3-6-14-13/h11-15H,3-10H2,1-2H3. The number of likely N-dealkylation sites (tertiary alicyclic amines) is 1. The Bertz CT molecular complexity index is 377. The minimum Gasteiger partial charge on any atom is -0.313 e. The Morgan fingerprint density at radius 2 is 2.16 bits per heavy atom. The number of hydrogen-bond acceptors (Lipinski definition) is 4. The largest absolute Gasteiger partial charge is 0.313 e. The van der Waals surface area contributed by atoms with Crippen molar-refractivity contribution in [1.29, 1.82) is 0 Å². The molecule has 2 saturated heterocycles. The van der Waals surface area contributed by atoms with Crippen LogP contribution in [0.3, 0.4) is 0 Å². The van der Waals surface area contributed by atoms with Crippen LogP contribution in [0.15, 0.2) is 0 Å². The topological polar surface area (TPSA) is 61.4 Å². The molecule has 0 aliphatic carbocycles. The van der Waals surface area contributed by atoms with Gasteiger partial charge in [-0.15, -0.1) is 0 Å². The van der Waals surface area contributed by atoms with Crippen LogP contribution in [0.2, 0.25) is 0 Å². The molecule has 0 radical (unpaired) electrons. The van der Waals surface area contributed by atoms with Crippen molar-refractivity contribution >= 4 is 10.0 Å². The van der Waals surface area contributed by atoms with Gasteiger partial charge in [-0.1, -0.05) is 0 Å². The molecule has 0 amide bonds. The Morgan fingerprint density at radius 3 is 2.74 bits per heavy atom. The Hall–Kier alpha value is -0.170. The van der Waals surface area contributed by atoms with Gasteiger partial charge < -0.3 is 10.2 Å². The molecular weight excluding hydrogens is 262 g/mol. The molecular formula is C13H27N3O2S. The summed E-state index contributed by atoms with van der Waals surface area (Å²) in [5.74, 6) is 0.696. The smallest absolute Gasteiger partial charge is 0.213 e. The van der Waals surface area contributed by atoms with Crippen LogP contribution in [-0.2, 0) is 10.0 Å². The first kappa shape index (κ1) is 15.2. The van der Waals surface area contributed by atoms with Crippen LogP contribution in [0, 0.1) is 5.92 Å². The Morgan fingerprint density at radius 1 is 1.37 bits per heavy atom. The average molecular weight is 289 g/mol. The fraction of sp³-hybridized carbons (Fsp3) is 1.00. The van der Waals surface area contributed by atoms with Crippen molar-refractivity contribution in [2.24, 2.45) is 5.92 Å². The lowest BCUT2D eigenvalue weighted by Crippen LogP contribution is -2.39. The second-order valence-electron chi connectivity index (χ2n) is 6.17. The van der Waals surface area contributed by atoms with Crippen molar-refractivity contribution in [3.63, 3.8) is 0 Å². The fourth-order valence-corrected chi connectivity index (χ4v) is 4.39. The van der Waals surface area contributed by atoms with Gasteiger partial charge in [0.1, 0.15) is 0 Å². The molecule has 2 heterocycles. The molecule has 2 atom stereocenters. The highest BCUT2D eigenvalue weighted by molar-refractivity contribution is 7.89. The third kappa shape index (κ3) is 4.70. The van der Waals surface area contributed by atoms with Gasteiger partial charge in [-0.2, -0.15) is 0 Å². The zero-order valence-electron chi connectivity index (χ0n) is 12.1. The van der Waals surface area contributed by atoms with Crippen LogP contribution >= 0.6 is 0 Å². The van der Waals surface area contributed by atoms with Crippen LogP contribution in [0.4, 0.5) is 0 Å². The van der Waals surface area contributed by atoms with Crippen molar-refractivity contribution in [1.82, 2.24) is 14.9 Å². The predicted octanol–water partition coefficient (Wildman–Crippen LogP) is 0.388. The zero-order valence-corrected chi connectivity index (χ0v) is 12.9. The lowest BCUT2D eigenvalue weighted by molar-refractivity contribution is 0.265. The van der Waals surface area contributed by atoms with Crippen molar-refractivity contribution in [3.05, 3.63) is 0 Å². The molecule has 2 unspecified atom stereocenters. The maximum Gasteiger partial charge on any atom is 0.213 e. The second-order valence-corrected chi connectivity index (χ2v) is 8.02. The van der Waals surface area contributed by atoms with Crippen molar-refractivity contribution in [3.8, 4) is 0 Å². The van der Waals surface area contributed by atoms with Gasteiger partial charge >= 0.3 is 0 Å². The summed E-state index contributed by atoms with van der Waals surface area (Å²) < 4.78 is 26.8. The van der Waals surface area contributed by atoms with E-state index in [4.69, 9.17) is 0 Å². The van der Waals surface area contributed by atoms with E-state index in [0.29, 0.717) is 18.5 Å². The highest BCUT2D eigenvalue weighted by Gasteiger charge is 2.26. The SMILES string of the molecule is CC(C)N1CCC(CNS(=O)(=O)CC2CCCN2)C1. The van der Waals surface area contributed by atoms with Gasteiger partial charge in [-0.05, 0) is 52.1 Å². The lowest BCUT2D eigenvalue weighted by Gasteiger charge is -2.20. The molecule has 0 aromatic heterocycles. The van der Waals surface area contributed by atoms with Gasteiger partial charge in [-0.25, -0.2) is 13.1 Å². The summed E-state index contributed by atoms with van der Waals surface area (Å²) in [7, 11) is -3.12. The number of sulfonamides is 1. The minimum atomic E-state index is -3.12. The normalized spacial score (nSPS) is 29.4. The summed E-state index contributed by atoms with van der Waals surface area (Å²) >= 11 is 0. The predicted molar refractivity (Wildman–Crippen MR) is 77.6 cm³/mol. The van der Waals surface area contributed by atoms with E-state index in [9.17, 15) is 8.42 Å². The van der Waals surface area contributed by atoms with Crippen molar-refractivity contribution in [2.75, 3.05) is 31.9 Å². The van der Waals surface area contributed by atoms with Gasteiger partial charge in [0.15, 0.2) is 0 Å². The van der Waals surface area contributed by atoms with Crippen LogP contribution < -0.4 is 10.0 Å². The molecule has 2 rings (SSSR count). The fourth-order valence-electron chi connectivity index (χ4n) is 2.97. The molecule has 2 N–H and O–H groups in total. The van der Waals surface area contributed by atoms with Crippen molar-refractivity contribution < 1.29 is 8.42 Å². The molecule has 2 aliphatic rings. The Balaban J connectivity index is 1.72. The van der Waals surface area contributed by atoms with E-state index >= 15 is 0 Å². The van der Waals surface area contributed by atoms with Crippen LogP contribution in [0.1, 0.15) is 33.1 Å². The molecule has 2 aliphatic heterocycles. The first-order valence-electron chi connectivity index (χ1n) is 7.41. The molecule has 0 aromatic carbocycles. The quantitative estimate of drug-likeness (QED) is 0.742. The number of rotatable bonds is 6. The molecule has 19 heavy (non-hydrogen) atoms. The highest BCUT2D eigenvalue weighted by atomic mass is 32.2. The summed E-state index contributed by atoms with van der Waals surface area (Å²) in [6, 6.07) is 0.706. The summed E-state index contributed by atoms with van der Waals surface area (Å²) in [5.41, 5.74) is 0. The van der Waals surface area contributed by atoms with Crippen LogP contribution in [0.25, 0.3) is 0 Å². The van der Waals surface area contributed by atoms with E-state index in [2.05, 4.69) is 28.8 Å². The number of nitrogens with zero attached hydrogens (tertiary/aromatic N) is 1. The average Bonchev–Trinajstić information content (AvgIpc) is 2.96. The second kappa shape index (κ2) is 6.52. The lowest BCUT2D eigenvalue weighted by atomic mass is 10.1. The molecule has 0 saturated carbocycles. The summed E-state index contributed by atoms with van der Waals surface area (Å²) in [6.07, 6.45) is 3.17. The maximum absolute atomic E-state index is 12.0. The van der Waals surface area contributed by atoms with E-state index < -0.39 is 10.0 Å².